The fourth-order valence-corrected chi connectivity index (χ4v) is 3.64. The standard InChI is InChI=1S/C15H17Cl2NS/c1-3-10-5-7-11(8-6-10)14(18-4-2)12-9-13(16)19-15(12)17/h5-9,14,18H,3-4H2,1-2H3. The number of aryl methyl sites for hydroxylation is 1. The third-order valence-electron chi connectivity index (χ3n) is 3.12. The van der Waals surface area contributed by atoms with Gasteiger partial charge < -0.3 is 5.32 Å². The molecule has 102 valence electrons. The quantitative estimate of drug-likeness (QED) is 0.788. The van der Waals surface area contributed by atoms with E-state index in [-0.39, 0.29) is 6.04 Å². The van der Waals surface area contributed by atoms with Crippen LogP contribution in [-0.2, 0) is 6.42 Å². The first-order chi connectivity index (χ1) is 9.15. The molecular weight excluding hydrogens is 297 g/mol. The van der Waals surface area contributed by atoms with Crippen molar-refractivity contribution in [2.45, 2.75) is 26.3 Å². The van der Waals surface area contributed by atoms with Crippen molar-refractivity contribution in [1.82, 2.24) is 5.32 Å². The molecule has 19 heavy (non-hydrogen) atoms. The highest BCUT2D eigenvalue weighted by Gasteiger charge is 2.18. The Balaban J connectivity index is 2.36. The van der Waals surface area contributed by atoms with E-state index in [4.69, 9.17) is 23.2 Å². The number of hydrogen-bond donors (Lipinski definition) is 1. The zero-order valence-electron chi connectivity index (χ0n) is 11.0. The van der Waals surface area contributed by atoms with Crippen LogP contribution in [0.2, 0.25) is 8.67 Å². The fraction of sp³-hybridized carbons (Fsp3) is 0.333. The van der Waals surface area contributed by atoms with E-state index in [0.717, 1.165) is 27.2 Å². The average Bonchev–Trinajstić information content (AvgIpc) is 2.75. The van der Waals surface area contributed by atoms with Gasteiger partial charge in [0.1, 0.15) is 0 Å². The van der Waals surface area contributed by atoms with Crippen molar-refractivity contribution in [3.8, 4) is 0 Å². The molecule has 0 fully saturated rings. The Kier molecular flexibility index (Phi) is 5.28. The Morgan fingerprint density at radius 1 is 1.16 bits per heavy atom. The van der Waals surface area contributed by atoms with E-state index in [1.54, 1.807) is 0 Å². The molecule has 1 aromatic heterocycles. The first kappa shape index (κ1) is 14.9. The van der Waals surface area contributed by atoms with E-state index in [2.05, 4.69) is 43.4 Å². The number of nitrogens with one attached hydrogen (secondary N) is 1. The van der Waals surface area contributed by atoms with Gasteiger partial charge in [-0.15, -0.1) is 11.3 Å². The van der Waals surface area contributed by atoms with Crippen molar-refractivity contribution in [3.05, 3.63) is 55.7 Å². The summed E-state index contributed by atoms with van der Waals surface area (Å²) >= 11 is 13.7. The highest BCUT2D eigenvalue weighted by Crippen LogP contribution is 2.37. The van der Waals surface area contributed by atoms with Crippen molar-refractivity contribution in [1.29, 1.82) is 0 Å². The summed E-state index contributed by atoms with van der Waals surface area (Å²) in [5.74, 6) is 0. The molecule has 0 saturated carbocycles. The van der Waals surface area contributed by atoms with Gasteiger partial charge in [0.2, 0.25) is 0 Å². The summed E-state index contributed by atoms with van der Waals surface area (Å²) in [5.41, 5.74) is 3.62. The second-order valence-electron chi connectivity index (χ2n) is 4.37. The van der Waals surface area contributed by atoms with Crippen molar-refractivity contribution in [3.63, 3.8) is 0 Å². The van der Waals surface area contributed by atoms with E-state index in [1.807, 2.05) is 6.07 Å². The summed E-state index contributed by atoms with van der Waals surface area (Å²) < 4.78 is 1.49. The molecule has 1 nitrogen and oxygen atoms in total. The third-order valence-corrected chi connectivity index (χ3v) is 4.64. The number of halogens is 2. The first-order valence-corrected chi connectivity index (χ1v) is 7.99. The molecule has 1 atom stereocenters. The molecule has 0 amide bonds. The summed E-state index contributed by atoms with van der Waals surface area (Å²) in [5, 5.41) is 3.47. The van der Waals surface area contributed by atoms with Crippen LogP contribution in [0, 0.1) is 0 Å². The second-order valence-corrected chi connectivity index (χ2v) is 6.65. The predicted molar refractivity (Wildman–Crippen MR) is 85.7 cm³/mol. The van der Waals surface area contributed by atoms with Gasteiger partial charge in [-0.2, -0.15) is 0 Å². The third kappa shape index (κ3) is 3.51. The van der Waals surface area contributed by atoms with E-state index >= 15 is 0 Å². The number of rotatable bonds is 5. The van der Waals surface area contributed by atoms with Crippen LogP contribution in [0.4, 0.5) is 0 Å². The normalized spacial score (nSPS) is 12.6. The van der Waals surface area contributed by atoms with Crippen LogP contribution in [0.5, 0.6) is 0 Å². The molecule has 1 unspecified atom stereocenters. The van der Waals surface area contributed by atoms with E-state index < -0.39 is 0 Å². The van der Waals surface area contributed by atoms with Crippen molar-refractivity contribution in [2.75, 3.05) is 6.54 Å². The molecule has 2 rings (SSSR count). The van der Waals surface area contributed by atoms with Gasteiger partial charge in [-0.05, 0) is 30.2 Å². The maximum Gasteiger partial charge on any atom is 0.0995 e. The molecule has 0 radical (unpaired) electrons. The van der Waals surface area contributed by atoms with Gasteiger partial charge in [-0.1, -0.05) is 61.3 Å². The molecule has 0 saturated heterocycles. The smallest absolute Gasteiger partial charge is 0.0995 e. The van der Waals surface area contributed by atoms with Gasteiger partial charge in [0.05, 0.1) is 14.7 Å². The molecular formula is C15H17Cl2NS. The molecule has 0 bridgehead atoms. The molecule has 0 aliphatic heterocycles. The first-order valence-electron chi connectivity index (χ1n) is 6.42. The Hall–Kier alpha value is -0.540. The van der Waals surface area contributed by atoms with Gasteiger partial charge in [0.25, 0.3) is 0 Å². The molecule has 4 heteroatoms. The van der Waals surface area contributed by atoms with E-state index in [0.29, 0.717) is 0 Å². The molecule has 1 aromatic carbocycles. The van der Waals surface area contributed by atoms with Gasteiger partial charge in [-0.25, -0.2) is 0 Å². The molecule has 2 aromatic rings. The lowest BCUT2D eigenvalue weighted by molar-refractivity contribution is 0.632. The Labute approximate surface area is 128 Å². The van der Waals surface area contributed by atoms with E-state index in [1.165, 1.54) is 22.5 Å². The maximum absolute atomic E-state index is 6.28. The van der Waals surface area contributed by atoms with Crippen molar-refractivity contribution < 1.29 is 0 Å². The van der Waals surface area contributed by atoms with Crippen molar-refractivity contribution >= 4 is 34.5 Å². The van der Waals surface area contributed by atoms with Gasteiger partial charge in [0.15, 0.2) is 0 Å². The second kappa shape index (κ2) is 6.76. The minimum Gasteiger partial charge on any atom is -0.306 e. The summed E-state index contributed by atoms with van der Waals surface area (Å²) in [7, 11) is 0. The SMILES string of the molecule is CCNC(c1ccc(CC)cc1)c1cc(Cl)sc1Cl. The molecule has 0 spiro atoms. The fourth-order valence-electron chi connectivity index (χ4n) is 2.11. The highest BCUT2D eigenvalue weighted by molar-refractivity contribution is 7.20. The van der Waals surface area contributed by atoms with Gasteiger partial charge >= 0.3 is 0 Å². The zero-order valence-corrected chi connectivity index (χ0v) is 13.4. The van der Waals surface area contributed by atoms with Gasteiger partial charge in [-0.3, -0.25) is 0 Å². The number of thiophene rings is 1. The lowest BCUT2D eigenvalue weighted by Gasteiger charge is -2.18. The monoisotopic (exact) mass is 313 g/mol. The predicted octanol–water partition coefficient (Wildman–Crippen LogP) is 5.32. The van der Waals surface area contributed by atoms with Crippen LogP contribution in [0.15, 0.2) is 30.3 Å². The lowest BCUT2D eigenvalue weighted by Crippen LogP contribution is -2.21. The van der Waals surface area contributed by atoms with Crippen LogP contribution >= 0.6 is 34.5 Å². The average molecular weight is 314 g/mol. The Morgan fingerprint density at radius 2 is 1.84 bits per heavy atom. The van der Waals surface area contributed by atoms with E-state index in [9.17, 15) is 0 Å². The zero-order chi connectivity index (χ0) is 13.8. The van der Waals surface area contributed by atoms with Crippen LogP contribution in [0.25, 0.3) is 0 Å². The van der Waals surface area contributed by atoms with Crippen LogP contribution < -0.4 is 5.32 Å². The van der Waals surface area contributed by atoms with Crippen LogP contribution in [-0.4, -0.2) is 6.54 Å². The number of hydrogen-bond acceptors (Lipinski definition) is 2. The summed E-state index contributed by atoms with van der Waals surface area (Å²) in [6.07, 6.45) is 1.05. The summed E-state index contributed by atoms with van der Waals surface area (Å²) in [4.78, 5) is 0. The summed E-state index contributed by atoms with van der Waals surface area (Å²) in [6, 6.07) is 10.7. The number of benzene rings is 1. The summed E-state index contributed by atoms with van der Waals surface area (Å²) in [6.45, 7) is 5.13. The maximum atomic E-state index is 6.28. The minimum absolute atomic E-state index is 0.104. The molecule has 1 heterocycles. The molecule has 0 aliphatic rings. The van der Waals surface area contributed by atoms with Crippen LogP contribution in [0.3, 0.4) is 0 Å². The topological polar surface area (TPSA) is 12.0 Å². The lowest BCUT2D eigenvalue weighted by atomic mass is 9.99. The van der Waals surface area contributed by atoms with Crippen molar-refractivity contribution in [2.24, 2.45) is 0 Å². The minimum atomic E-state index is 0.104. The largest absolute Gasteiger partial charge is 0.306 e. The molecule has 0 aliphatic carbocycles. The van der Waals surface area contributed by atoms with Gasteiger partial charge in [0, 0.05) is 5.56 Å². The Morgan fingerprint density at radius 3 is 2.32 bits per heavy atom. The van der Waals surface area contributed by atoms with Crippen LogP contribution in [0.1, 0.15) is 36.6 Å². The molecule has 1 N–H and O–H groups in total. The Bertz CT molecular complexity index is 534. The highest BCUT2D eigenvalue weighted by atomic mass is 35.5.